The molecule has 0 bridgehead atoms. The van der Waals surface area contributed by atoms with Crippen molar-refractivity contribution in [3.8, 4) is 5.75 Å². The normalized spacial score (nSPS) is 10.2. The lowest BCUT2D eigenvalue weighted by Gasteiger charge is -2.04. The van der Waals surface area contributed by atoms with Crippen molar-refractivity contribution in [3.63, 3.8) is 0 Å². The van der Waals surface area contributed by atoms with E-state index in [1.807, 2.05) is 0 Å². The highest BCUT2D eigenvalue weighted by atomic mass is 32.2. The van der Waals surface area contributed by atoms with E-state index in [0.717, 1.165) is 17.7 Å². The van der Waals surface area contributed by atoms with Gasteiger partial charge in [0.15, 0.2) is 0 Å². The summed E-state index contributed by atoms with van der Waals surface area (Å²) in [4.78, 5) is 12.4. The third-order valence-corrected chi connectivity index (χ3v) is 3.17. The number of phenolic OH excluding ortho intramolecular Hbond substituents is 1. The highest BCUT2D eigenvalue weighted by Gasteiger charge is 2.02. The Morgan fingerprint density at radius 3 is 2.65 bits per heavy atom. The molecule has 94 valence electrons. The third kappa shape index (κ3) is 6.19. The topological polar surface area (TPSA) is 75.3 Å². The average molecular weight is 254 g/mol. The summed E-state index contributed by atoms with van der Waals surface area (Å²) in [5.41, 5.74) is 5.36. The summed E-state index contributed by atoms with van der Waals surface area (Å²) in [7, 11) is 0. The van der Waals surface area contributed by atoms with Gasteiger partial charge in [0, 0.05) is 11.4 Å². The van der Waals surface area contributed by atoms with Crippen LogP contribution in [0.5, 0.6) is 5.75 Å². The minimum Gasteiger partial charge on any atom is -0.508 e. The van der Waals surface area contributed by atoms with E-state index >= 15 is 0 Å². The fourth-order valence-electron chi connectivity index (χ4n) is 1.24. The van der Waals surface area contributed by atoms with Crippen molar-refractivity contribution >= 4 is 17.7 Å². The van der Waals surface area contributed by atoms with Crippen molar-refractivity contribution in [2.24, 2.45) is 5.73 Å². The number of unbranched alkanes of at least 4 members (excludes halogenated alkanes) is 1. The number of carbonyl (C=O) groups is 1. The second kappa shape index (κ2) is 7.97. The van der Waals surface area contributed by atoms with Crippen LogP contribution in [0, 0.1) is 0 Å². The standard InChI is InChI=1S/C12H18N2O2S/c13-7-1-2-8-14-12(16)9-17-11-5-3-10(15)4-6-11/h3-6,15H,1-2,7-9,13H2,(H,14,16). The summed E-state index contributed by atoms with van der Waals surface area (Å²) < 4.78 is 0. The van der Waals surface area contributed by atoms with Gasteiger partial charge in [-0.1, -0.05) is 0 Å². The number of benzene rings is 1. The van der Waals surface area contributed by atoms with E-state index in [1.165, 1.54) is 11.8 Å². The van der Waals surface area contributed by atoms with Gasteiger partial charge in [-0.2, -0.15) is 0 Å². The molecule has 0 aliphatic heterocycles. The van der Waals surface area contributed by atoms with E-state index in [0.29, 0.717) is 18.8 Å². The number of nitrogens with one attached hydrogen (secondary N) is 1. The summed E-state index contributed by atoms with van der Waals surface area (Å²) in [6.07, 6.45) is 1.86. The van der Waals surface area contributed by atoms with Gasteiger partial charge < -0.3 is 16.2 Å². The Bertz CT molecular complexity index is 341. The predicted octanol–water partition coefficient (Wildman–Crippen LogP) is 1.34. The Morgan fingerprint density at radius 2 is 2.00 bits per heavy atom. The molecule has 0 aliphatic carbocycles. The number of hydrogen-bond donors (Lipinski definition) is 3. The molecule has 0 heterocycles. The lowest BCUT2D eigenvalue weighted by atomic mass is 10.3. The minimum absolute atomic E-state index is 0.0279. The molecule has 17 heavy (non-hydrogen) atoms. The van der Waals surface area contributed by atoms with Gasteiger partial charge in [0.25, 0.3) is 0 Å². The fourth-order valence-corrected chi connectivity index (χ4v) is 1.97. The molecule has 0 aromatic heterocycles. The third-order valence-electron chi connectivity index (χ3n) is 2.16. The highest BCUT2D eigenvalue weighted by Crippen LogP contribution is 2.20. The van der Waals surface area contributed by atoms with Crippen molar-refractivity contribution in [1.29, 1.82) is 0 Å². The van der Waals surface area contributed by atoms with Gasteiger partial charge in [-0.05, 0) is 43.7 Å². The maximum atomic E-state index is 11.4. The van der Waals surface area contributed by atoms with Gasteiger partial charge in [0.1, 0.15) is 5.75 Å². The average Bonchev–Trinajstić information content (AvgIpc) is 2.34. The molecular weight excluding hydrogens is 236 g/mol. The van der Waals surface area contributed by atoms with E-state index < -0.39 is 0 Å². The van der Waals surface area contributed by atoms with Crippen molar-refractivity contribution < 1.29 is 9.90 Å². The number of hydrogen-bond acceptors (Lipinski definition) is 4. The largest absolute Gasteiger partial charge is 0.508 e. The van der Waals surface area contributed by atoms with Gasteiger partial charge in [0.05, 0.1) is 5.75 Å². The van der Waals surface area contributed by atoms with Crippen molar-refractivity contribution in [1.82, 2.24) is 5.32 Å². The smallest absolute Gasteiger partial charge is 0.230 e. The molecule has 1 aromatic carbocycles. The summed E-state index contributed by atoms with van der Waals surface area (Å²) >= 11 is 1.45. The molecule has 1 aromatic rings. The SMILES string of the molecule is NCCCCNC(=O)CSc1ccc(O)cc1. The number of aromatic hydroxyl groups is 1. The Hall–Kier alpha value is -1.20. The van der Waals surface area contributed by atoms with Crippen LogP contribution in [0.4, 0.5) is 0 Å². The van der Waals surface area contributed by atoms with Gasteiger partial charge in [-0.3, -0.25) is 4.79 Å². The fraction of sp³-hybridized carbons (Fsp3) is 0.417. The first-order valence-electron chi connectivity index (χ1n) is 5.61. The second-order valence-corrected chi connectivity index (χ2v) is 4.68. The summed E-state index contributed by atoms with van der Waals surface area (Å²) in [5, 5.41) is 11.9. The monoisotopic (exact) mass is 254 g/mol. The quantitative estimate of drug-likeness (QED) is 0.507. The first-order chi connectivity index (χ1) is 8.22. The lowest BCUT2D eigenvalue weighted by molar-refractivity contribution is -0.118. The zero-order valence-electron chi connectivity index (χ0n) is 9.69. The van der Waals surface area contributed by atoms with Crippen LogP contribution in [0.2, 0.25) is 0 Å². The molecule has 0 saturated heterocycles. The number of rotatable bonds is 7. The molecule has 4 N–H and O–H groups in total. The molecule has 0 aliphatic rings. The predicted molar refractivity (Wildman–Crippen MR) is 70.1 cm³/mol. The number of nitrogens with two attached hydrogens (primary N) is 1. The van der Waals surface area contributed by atoms with E-state index in [4.69, 9.17) is 10.8 Å². The number of amides is 1. The Balaban J connectivity index is 2.17. The van der Waals surface area contributed by atoms with Gasteiger partial charge in [0.2, 0.25) is 5.91 Å². The van der Waals surface area contributed by atoms with Crippen LogP contribution in [0.15, 0.2) is 29.2 Å². The van der Waals surface area contributed by atoms with Crippen LogP contribution >= 0.6 is 11.8 Å². The maximum Gasteiger partial charge on any atom is 0.230 e. The zero-order chi connectivity index (χ0) is 12.5. The van der Waals surface area contributed by atoms with Gasteiger partial charge in [-0.25, -0.2) is 0 Å². The molecule has 5 heteroatoms. The summed E-state index contributed by atoms with van der Waals surface area (Å²) in [6.45, 7) is 1.35. The van der Waals surface area contributed by atoms with E-state index in [9.17, 15) is 4.79 Å². The highest BCUT2D eigenvalue weighted by molar-refractivity contribution is 8.00. The molecule has 0 atom stereocenters. The summed E-state index contributed by atoms with van der Waals surface area (Å²) in [5.74, 6) is 0.661. The van der Waals surface area contributed by atoms with Crippen LogP contribution in [-0.2, 0) is 4.79 Å². The van der Waals surface area contributed by atoms with Crippen LogP contribution in [0.3, 0.4) is 0 Å². The molecule has 4 nitrogen and oxygen atoms in total. The second-order valence-electron chi connectivity index (χ2n) is 3.63. The van der Waals surface area contributed by atoms with Crippen molar-refractivity contribution in [2.75, 3.05) is 18.8 Å². The van der Waals surface area contributed by atoms with E-state index in [-0.39, 0.29) is 11.7 Å². The zero-order valence-corrected chi connectivity index (χ0v) is 10.5. The molecular formula is C12H18N2O2S. The van der Waals surface area contributed by atoms with E-state index in [1.54, 1.807) is 24.3 Å². The minimum atomic E-state index is 0.0279. The van der Waals surface area contributed by atoms with Crippen LogP contribution < -0.4 is 11.1 Å². The maximum absolute atomic E-state index is 11.4. The van der Waals surface area contributed by atoms with Crippen molar-refractivity contribution in [2.45, 2.75) is 17.7 Å². The first-order valence-corrected chi connectivity index (χ1v) is 6.59. The molecule has 0 unspecified atom stereocenters. The number of thioether (sulfide) groups is 1. The molecule has 0 saturated carbocycles. The van der Waals surface area contributed by atoms with Gasteiger partial charge >= 0.3 is 0 Å². The molecule has 1 amide bonds. The molecule has 0 spiro atoms. The van der Waals surface area contributed by atoms with E-state index in [2.05, 4.69) is 5.32 Å². The van der Waals surface area contributed by atoms with Crippen LogP contribution in [0.1, 0.15) is 12.8 Å². The Kier molecular flexibility index (Phi) is 6.50. The van der Waals surface area contributed by atoms with Crippen LogP contribution in [0.25, 0.3) is 0 Å². The van der Waals surface area contributed by atoms with Crippen LogP contribution in [-0.4, -0.2) is 29.9 Å². The Morgan fingerprint density at radius 1 is 1.29 bits per heavy atom. The number of carbonyl (C=O) groups excluding carboxylic acids is 1. The molecule has 0 radical (unpaired) electrons. The number of phenols is 1. The molecule has 1 rings (SSSR count). The summed E-state index contributed by atoms with van der Waals surface area (Å²) in [6, 6.07) is 6.81. The van der Waals surface area contributed by atoms with Gasteiger partial charge in [-0.15, -0.1) is 11.8 Å². The first kappa shape index (κ1) is 13.9. The molecule has 0 fully saturated rings. The Labute approximate surface area is 106 Å². The van der Waals surface area contributed by atoms with Crippen molar-refractivity contribution in [3.05, 3.63) is 24.3 Å². The lowest BCUT2D eigenvalue weighted by Crippen LogP contribution is -2.26.